The molecule has 0 amide bonds. The van der Waals surface area contributed by atoms with Crippen LogP contribution in [-0.2, 0) is 12.8 Å². The van der Waals surface area contributed by atoms with E-state index in [0.29, 0.717) is 17.9 Å². The number of ether oxygens (including phenoxy) is 1. The first kappa shape index (κ1) is 14.4. The lowest BCUT2D eigenvalue weighted by atomic mass is 10.1. The minimum atomic E-state index is 0.245. The highest BCUT2D eigenvalue weighted by Crippen LogP contribution is 2.31. The monoisotopic (exact) mass is 314 g/mol. The smallest absolute Gasteiger partial charge is 0.239 e. The number of rotatable bonds is 5. The number of nitrogen functional groups attached to an aromatic ring is 1. The van der Waals surface area contributed by atoms with Crippen LogP contribution in [0.3, 0.4) is 0 Å². The summed E-state index contributed by atoms with van der Waals surface area (Å²) in [7, 11) is 0. The number of nitrogens with one attached hydrogen (secondary N) is 1. The number of hydrogen-bond donors (Lipinski definition) is 2. The van der Waals surface area contributed by atoms with E-state index in [0.717, 1.165) is 22.9 Å². The van der Waals surface area contributed by atoms with Crippen LogP contribution in [-0.4, -0.2) is 15.2 Å². The standard InChI is InChI=1S/C16H15ClN4O/c17-13-7-4-8-14(22-11-5-2-1-3-6-11)12(13)9-10-15-19-16(18)21-20-15/h1-8H,9-10H2,(H3,18,19,20,21). The van der Waals surface area contributed by atoms with Gasteiger partial charge < -0.3 is 10.5 Å². The summed E-state index contributed by atoms with van der Waals surface area (Å²) in [5.74, 6) is 2.49. The number of nitrogens with zero attached hydrogens (tertiary/aromatic N) is 2. The normalized spacial score (nSPS) is 10.6. The van der Waals surface area contributed by atoms with Crippen molar-refractivity contribution in [1.29, 1.82) is 0 Å². The van der Waals surface area contributed by atoms with E-state index in [4.69, 9.17) is 22.1 Å². The van der Waals surface area contributed by atoms with E-state index in [2.05, 4.69) is 15.2 Å². The molecule has 0 saturated heterocycles. The number of halogens is 1. The molecule has 0 aliphatic heterocycles. The fraction of sp³-hybridized carbons (Fsp3) is 0.125. The number of aromatic nitrogens is 3. The van der Waals surface area contributed by atoms with Crippen LogP contribution < -0.4 is 10.5 Å². The Morgan fingerprint density at radius 2 is 1.86 bits per heavy atom. The van der Waals surface area contributed by atoms with Crippen LogP contribution >= 0.6 is 11.6 Å². The lowest BCUT2D eigenvalue weighted by Crippen LogP contribution is -1.98. The van der Waals surface area contributed by atoms with Gasteiger partial charge in [-0.25, -0.2) is 0 Å². The molecule has 0 aliphatic carbocycles. The van der Waals surface area contributed by atoms with Gasteiger partial charge in [-0.05, 0) is 30.7 Å². The summed E-state index contributed by atoms with van der Waals surface area (Å²) in [6.45, 7) is 0. The van der Waals surface area contributed by atoms with E-state index in [1.54, 1.807) is 0 Å². The molecule has 0 spiro atoms. The number of benzene rings is 2. The zero-order valence-electron chi connectivity index (χ0n) is 11.8. The van der Waals surface area contributed by atoms with Crippen molar-refractivity contribution in [2.24, 2.45) is 0 Å². The summed E-state index contributed by atoms with van der Waals surface area (Å²) < 4.78 is 5.93. The molecule has 0 saturated carbocycles. The van der Waals surface area contributed by atoms with Crippen LogP contribution in [0, 0.1) is 0 Å². The molecule has 3 N–H and O–H groups in total. The largest absolute Gasteiger partial charge is 0.457 e. The van der Waals surface area contributed by atoms with Gasteiger partial charge in [-0.2, -0.15) is 4.98 Å². The predicted molar refractivity (Wildman–Crippen MR) is 86.2 cm³/mol. The summed E-state index contributed by atoms with van der Waals surface area (Å²) in [6, 6.07) is 15.2. The first-order valence-corrected chi connectivity index (χ1v) is 7.27. The molecule has 5 nitrogen and oxygen atoms in total. The highest BCUT2D eigenvalue weighted by atomic mass is 35.5. The molecule has 6 heteroatoms. The fourth-order valence-corrected chi connectivity index (χ4v) is 2.42. The summed E-state index contributed by atoms with van der Waals surface area (Å²) in [4.78, 5) is 4.10. The maximum absolute atomic E-state index is 6.32. The Labute approximate surface area is 133 Å². The van der Waals surface area contributed by atoms with Crippen LogP contribution in [0.25, 0.3) is 0 Å². The van der Waals surface area contributed by atoms with Crippen LogP contribution in [0.2, 0.25) is 5.02 Å². The van der Waals surface area contributed by atoms with Crippen molar-refractivity contribution in [2.75, 3.05) is 5.73 Å². The third-order valence-electron chi connectivity index (χ3n) is 3.21. The summed E-state index contributed by atoms with van der Waals surface area (Å²) >= 11 is 6.32. The average molecular weight is 315 g/mol. The van der Waals surface area contributed by atoms with Crippen LogP contribution in [0.15, 0.2) is 48.5 Å². The van der Waals surface area contributed by atoms with E-state index in [1.807, 2.05) is 48.5 Å². The second kappa shape index (κ2) is 6.49. The number of para-hydroxylation sites is 1. The maximum atomic E-state index is 6.32. The molecule has 2 aromatic carbocycles. The Morgan fingerprint density at radius 3 is 2.59 bits per heavy atom. The first-order valence-electron chi connectivity index (χ1n) is 6.89. The lowest BCUT2D eigenvalue weighted by Gasteiger charge is -2.12. The van der Waals surface area contributed by atoms with Crippen molar-refractivity contribution in [2.45, 2.75) is 12.8 Å². The van der Waals surface area contributed by atoms with Gasteiger partial charge in [0.2, 0.25) is 5.95 Å². The highest BCUT2D eigenvalue weighted by molar-refractivity contribution is 6.31. The van der Waals surface area contributed by atoms with E-state index in [1.165, 1.54) is 0 Å². The number of aryl methyl sites for hydroxylation is 1. The molecule has 0 radical (unpaired) electrons. The summed E-state index contributed by atoms with van der Waals surface area (Å²) in [6.07, 6.45) is 1.33. The maximum Gasteiger partial charge on any atom is 0.239 e. The third-order valence-corrected chi connectivity index (χ3v) is 3.56. The minimum Gasteiger partial charge on any atom is -0.457 e. The molecule has 0 bridgehead atoms. The molecular weight excluding hydrogens is 300 g/mol. The molecule has 1 aromatic heterocycles. The van der Waals surface area contributed by atoms with Crippen LogP contribution in [0.5, 0.6) is 11.5 Å². The van der Waals surface area contributed by atoms with Gasteiger partial charge >= 0.3 is 0 Å². The third kappa shape index (κ3) is 3.38. The number of aromatic amines is 1. The van der Waals surface area contributed by atoms with Crippen molar-refractivity contribution in [1.82, 2.24) is 15.2 Å². The van der Waals surface area contributed by atoms with Crippen LogP contribution in [0.1, 0.15) is 11.4 Å². The zero-order chi connectivity index (χ0) is 15.4. The van der Waals surface area contributed by atoms with Gasteiger partial charge in [0.1, 0.15) is 17.3 Å². The number of hydrogen-bond acceptors (Lipinski definition) is 4. The lowest BCUT2D eigenvalue weighted by molar-refractivity contribution is 0.476. The molecule has 1 heterocycles. The van der Waals surface area contributed by atoms with Gasteiger partial charge in [0.15, 0.2) is 0 Å². The van der Waals surface area contributed by atoms with E-state index < -0.39 is 0 Å². The molecule has 0 unspecified atom stereocenters. The number of nitrogens with two attached hydrogens (primary N) is 1. The van der Waals surface area contributed by atoms with Gasteiger partial charge in [-0.3, -0.25) is 5.10 Å². The van der Waals surface area contributed by atoms with Gasteiger partial charge in [-0.1, -0.05) is 35.9 Å². The van der Waals surface area contributed by atoms with Crippen molar-refractivity contribution in [3.8, 4) is 11.5 Å². The van der Waals surface area contributed by atoms with Crippen molar-refractivity contribution >= 4 is 17.5 Å². The van der Waals surface area contributed by atoms with Gasteiger partial charge in [0.25, 0.3) is 0 Å². The van der Waals surface area contributed by atoms with E-state index in [9.17, 15) is 0 Å². The highest BCUT2D eigenvalue weighted by Gasteiger charge is 2.11. The minimum absolute atomic E-state index is 0.245. The summed E-state index contributed by atoms with van der Waals surface area (Å²) in [5.41, 5.74) is 6.44. The number of H-pyrrole nitrogens is 1. The van der Waals surface area contributed by atoms with Gasteiger partial charge in [0, 0.05) is 17.0 Å². The molecular formula is C16H15ClN4O. The summed E-state index contributed by atoms with van der Waals surface area (Å²) in [5, 5.41) is 7.28. The van der Waals surface area contributed by atoms with Gasteiger partial charge in [0.05, 0.1) is 0 Å². The van der Waals surface area contributed by atoms with E-state index in [-0.39, 0.29) is 5.95 Å². The molecule has 0 aliphatic rings. The quantitative estimate of drug-likeness (QED) is 0.754. The van der Waals surface area contributed by atoms with E-state index >= 15 is 0 Å². The second-order valence-corrected chi connectivity index (χ2v) is 5.18. The Morgan fingerprint density at radius 1 is 1.05 bits per heavy atom. The van der Waals surface area contributed by atoms with Crippen molar-refractivity contribution < 1.29 is 4.74 Å². The number of anilines is 1. The Hall–Kier alpha value is -2.53. The topological polar surface area (TPSA) is 76.8 Å². The Kier molecular flexibility index (Phi) is 4.25. The SMILES string of the molecule is Nc1n[nH]c(CCc2c(Cl)cccc2Oc2ccccc2)n1. The second-order valence-electron chi connectivity index (χ2n) is 4.77. The average Bonchev–Trinajstić information content (AvgIpc) is 2.93. The molecule has 3 aromatic rings. The Balaban J connectivity index is 1.80. The molecule has 0 fully saturated rings. The van der Waals surface area contributed by atoms with Crippen molar-refractivity contribution in [3.63, 3.8) is 0 Å². The van der Waals surface area contributed by atoms with Crippen LogP contribution in [0.4, 0.5) is 5.95 Å². The van der Waals surface area contributed by atoms with Crippen molar-refractivity contribution in [3.05, 3.63) is 64.9 Å². The molecule has 3 rings (SSSR count). The fourth-order valence-electron chi connectivity index (χ4n) is 2.16. The Bertz CT molecular complexity index is 758. The van der Waals surface area contributed by atoms with Gasteiger partial charge in [-0.15, -0.1) is 5.10 Å². The zero-order valence-corrected chi connectivity index (χ0v) is 12.5. The first-order chi connectivity index (χ1) is 10.7. The molecule has 0 atom stereocenters. The molecule has 22 heavy (non-hydrogen) atoms. The molecule has 112 valence electrons. The predicted octanol–water partition coefficient (Wildman–Crippen LogP) is 3.62.